The molecule has 0 aliphatic heterocycles. The minimum Gasteiger partial charge on any atom is -0.379 e. The summed E-state index contributed by atoms with van der Waals surface area (Å²) in [7, 11) is -3.69. The molecule has 3 aromatic carbocycles. The highest BCUT2D eigenvalue weighted by atomic mass is 32.2. The second kappa shape index (κ2) is 6.82. The third kappa shape index (κ3) is 3.65. The van der Waals surface area contributed by atoms with Gasteiger partial charge in [0.2, 0.25) is 0 Å². The summed E-state index contributed by atoms with van der Waals surface area (Å²) in [6.45, 7) is 1.85. The first-order valence-electron chi connectivity index (χ1n) is 8.05. The van der Waals surface area contributed by atoms with Crippen LogP contribution in [0.4, 0.5) is 0 Å². The van der Waals surface area contributed by atoms with Crippen molar-refractivity contribution in [1.29, 1.82) is 0 Å². The summed E-state index contributed by atoms with van der Waals surface area (Å²) in [6.07, 6.45) is 0. The molecule has 0 aromatic heterocycles. The molecule has 0 heterocycles. The summed E-state index contributed by atoms with van der Waals surface area (Å²) in [4.78, 5) is 0.220. The number of benzene rings is 3. The Balaban J connectivity index is 2.11. The lowest BCUT2D eigenvalue weighted by Gasteiger charge is -2.29. The van der Waals surface area contributed by atoms with E-state index in [0.29, 0.717) is 11.1 Å². The van der Waals surface area contributed by atoms with E-state index in [1.54, 1.807) is 66.7 Å². The largest absolute Gasteiger partial charge is 0.379 e. The van der Waals surface area contributed by atoms with Gasteiger partial charge in [-0.25, -0.2) is 8.42 Å². The van der Waals surface area contributed by atoms with Gasteiger partial charge in [-0.1, -0.05) is 72.8 Å². The van der Waals surface area contributed by atoms with Gasteiger partial charge in [0, 0.05) is 0 Å². The number of sulfone groups is 1. The third-order valence-electron chi connectivity index (χ3n) is 4.25. The highest BCUT2D eigenvalue weighted by molar-refractivity contribution is 7.91. The van der Waals surface area contributed by atoms with Crippen LogP contribution in [-0.4, -0.2) is 19.3 Å². The van der Waals surface area contributed by atoms with Crippen molar-refractivity contribution >= 4 is 9.84 Å². The van der Waals surface area contributed by atoms with Crippen LogP contribution in [0.3, 0.4) is 0 Å². The van der Waals surface area contributed by atoms with Gasteiger partial charge in [0.05, 0.1) is 10.6 Å². The molecule has 25 heavy (non-hydrogen) atoms. The average Bonchev–Trinajstić information content (AvgIpc) is 2.63. The van der Waals surface area contributed by atoms with Crippen molar-refractivity contribution in [1.82, 2.24) is 0 Å². The Bertz CT molecular complexity index is 909. The maximum atomic E-state index is 13.0. The highest BCUT2D eigenvalue weighted by Crippen LogP contribution is 2.33. The Labute approximate surface area is 148 Å². The number of hydrogen-bond donors (Lipinski definition) is 1. The first-order chi connectivity index (χ1) is 11.9. The molecule has 1 N–H and O–H groups in total. The molecule has 0 bridgehead atoms. The molecule has 0 saturated heterocycles. The van der Waals surface area contributed by atoms with Gasteiger partial charge in [-0.05, 0) is 35.7 Å². The van der Waals surface area contributed by atoms with Gasteiger partial charge in [-0.2, -0.15) is 0 Å². The molecule has 128 valence electrons. The van der Waals surface area contributed by atoms with Gasteiger partial charge in [0.15, 0.2) is 9.84 Å². The lowest BCUT2D eigenvalue weighted by Crippen LogP contribution is -2.35. The number of aliphatic hydroxyl groups is 1. The zero-order chi connectivity index (χ0) is 17.9. The van der Waals surface area contributed by atoms with Crippen LogP contribution >= 0.6 is 0 Å². The molecule has 0 unspecified atom stereocenters. The summed E-state index contributed by atoms with van der Waals surface area (Å²) < 4.78 is 26.0. The Morgan fingerprint density at radius 3 is 1.80 bits per heavy atom. The molecule has 0 radical (unpaired) electrons. The van der Waals surface area contributed by atoms with Gasteiger partial charge >= 0.3 is 0 Å². The smallest absolute Gasteiger partial charge is 0.181 e. The van der Waals surface area contributed by atoms with E-state index in [9.17, 15) is 13.5 Å². The van der Waals surface area contributed by atoms with Crippen molar-refractivity contribution in [3.05, 3.63) is 102 Å². The summed E-state index contributed by atoms with van der Waals surface area (Å²) in [6, 6.07) is 24.6. The minimum absolute atomic E-state index is 0.220. The summed E-state index contributed by atoms with van der Waals surface area (Å²) in [5.74, 6) is -0.419. The Kier molecular flexibility index (Phi) is 4.75. The fourth-order valence-corrected chi connectivity index (χ4v) is 4.63. The lowest BCUT2D eigenvalue weighted by atomic mass is 9.88. The molecule has 0 atom stereocenters. The van der Waals surface area contributed by atoms with E-state index in [1.807, 2.05) is 25.1 Å². The van der Waals surface area contributed by atoms with Crippen LogP contribution in [0, 0.1) is 6.92 Å². The van der Waals surface area contributed by atoms with Crippen LogP contribution in [0.5, 0.6) is 0 Å². The van der Waals surface area contributed by atoms with E-state index in [2.05, 4.69) is 0 Å². The van der Waals surface area contributed by atoms with Gasteiger partial charge in [-0.3, -0.25) is 0 Å². The maximum absolute atomic E-state index is 13.0. The van der Waals surface area contributed by atoms with Gasteiger partial charge in [0.25, 0.3) is 0 Å². The van der Waals surface area contributed by atoms with E-state index in [-0.39, 0.29) is 4.90 Å². The van der Waals surface area contributed by atoms with Crippen molar-refractivity contribution in [2.75, 3.05) is 5.75 Å². The van der Waals surface area contributed by atoms with Crippen LogP contribution in [-0.2, 0) is 15.4 Å². The zero-order valence-corrected chi connectivity index (χ0v) is 14.8. The molecular formula is C21H20O3S. The first kappa shape index (κ1) is 17.4. The Hall–Kier alpha value is -2.43. The normalized spacial score (nSPS) is 12.1. The second-order valence-corrected chi connectivity index (χ2v) is 8.16. The molecule has 0 fully saturated rings. The predicted molar refractivity (Wildman–Crippen MR) is 99.1 cm³/mol. The van der Waals surface area contributed by atoms with E-state index in [1.165, 1.54) is 0 Å². The molecule has 4 heteroatoms. The van der Waals surface area contributed by atoms with Crippen molar-refractivity contribution < 1.29 is 13.5 Å². The standard InChI is InChI=1S/C21H20O3S/c1-17-9-8-14-20(15-17)25(23,24)16-21(22,18-10-4-2-5-11-18)19-12-6-3-7-13-19/h2-15,22H,16H2,1H3. The lowest BCUT2D eigenvalue weighted by molar-refractivity contribution is 0.105. The molecule has 0 saturated carbocycles. The SMILES string of the molecule is Cc1cccc(S(=O)(=O)CC(O)(c2ccccc2)c2ccccc2)c1. The predicted octanol–water partition coefficient (Wildman–Crippen LogP) is 3.70. The van der Waals surface area contributed by atoms with Crippen LogP contribution in [0.15, 0.2) is 89.8 Å². The molecule has 0 aliphatic rings. The molecule has 3 rings (SSSR count). The van der Waals surface area contributed by atoms with Crippen LogP contribution in [0.25, 0.3) is 0 Å². The first-order valence-corrected chi connectivity index (χ1v) is 9.70. The van der Waals surface area contributed by atoms with Crippen LogP contribution in [0.2, 0.25) is 0 Å². The van der Waals surface area contributed by atoms with Crippen molar-refractivity contribution in [2.24, 2.45) is 0 Å². The third-order valence-corrected chi connectivity index (χ3v) is 6.02. The molecule has 3 aromatic rings. The summed E-state index contributed by atoms with van der Waals surface area (Å²) >= 11 is 0. The topological polar surface area (TPSA) is 54.4 Å². The average molecular weight is 352 g/mol. The zero-order valence-electron chi connectivity index (χ0n) is 14.0. The van der Waals surface area contributed by atoms with Gasteiger partial charge in [-0.15, -0.1) is 0 Å². The number of rotatable bonds is 5. The van der Waals surface area contributed by atoms with Crippen LogP contribution < -0.4 is 0 Å². The summed E-state index contributed by atoms with van der Waals surface area (Å²) in [5.41, 5.74) is 0.351. The fraction of sp³-hybridized carbons (Fsp3) is 0.143. The molecule has 3 nitrogen and oxygen atoms in total. The van der Waals surface area contributed by atoms with E-state index >= 15 is 0 Å². The van der Waals surface area contributed by atoms with Crippen LogP contribution in [0.1, 0.15) is 16.7 Å². The monoisotopic (exact) mass is 352 g/mol. The molecular weight excluding hydrogens is 332 g/mol. The molecule has 0 aliphatic carbocycles. The minimum atomic E-state index is -3.69. The van der Waals surface area contributed by atoms with Gasteiger partial charge < -0.3 is 5.11 Å². The molecule has 0 amide bonds. The van der Waals surface area contributed by atoms with E-state index in [4.69, 9.17) is 0 Å². The highest BCUT2D eigenvalue weighted by Gasteiger charge is 2.37. The second-order valence-electron chi connectivity index (χ2n) is 6.17. The van der Waals surface area contributed by atoms with Crippen molar-refractivity contribution in [2.45, 2.75) is 17.4 Å². The van der Waals surface area contributed by atoms with Gasteiger partial charge in [0.1, 0.15) is 5.60 Å². The number of aryl methyl sites for hydroxylation is 1. The Morgan fingerprint density at radius 1 is 0.800 bits per heavy atom. The number of hydrogen-bond acceptors (Lipinski definition) is 3. The van der Waals surface area contributed by atoms with Crippen molar-refractivity contribution in [3.8, 4) is 0 Å². The fourth-order valence-electron chi connectivity index (χ4n) is 2.93. The van der Waals surface area contributed by atoms with Crippen molar-refractivity contribution in [3.63, 3.8) is 0 Å². The molecule has 0 spiro atoms. The maximum Gasteiger partial charge on any atom is 0.181 e. The van der Waals surface area contributed by atoms with E-state index < -0.39 is 21.2 Å². The van der Waals surface area contributed by atoms with E-state index in [0.717, 1.165) is 5.56 Å². The quantitative estimate of drug-likeness (QED) is 0.762. The summed E-state index contributed by atoms with van der Waals surface area (Å²) in [5, 5.41) is 11.4. The Morgan fingerprint density at radius 2 is 1.32 bits per heavy atom.